The average Bonchev–Trinajstić information content (AvgIpc) is 2.61. The molecule has 0 bridgehead atoms. The summed E-state index contributed by atoms with van der Waals surface area (Å²) in [4.78, 5) is 23.1. The first-order valence-corrected chi connectivity index (χ1v) is 7.87. The summed E-state index contributed by atoms with van der Waals surface area (Å²) in [5.41, 5.74) is 1.72. The Labute approximate surface area is 142 Å². The van der Waals surface area contributed by atoms with Crippen LogP contribution in [0.2, 0.25) is 0 Å². The van der Waals surface area contributed by atoms with Crippen LogP contribution < -0.4 is 0 Å². The van der Waals surface area contributed by atoms with E-state index in [9.17, 15) is 10.1 Å². The van der Waals surface area contributed by atoms with Crippen LogP contribution in [-0.2, 0) is 0 Å². The minimum absolute atomic E-state index is 0.0590. The first-order valence-electron chi connectivity index (χ1n) is 7.06. The van der Waals surface area contributed by atoms with Crippen molar-refractivity contribution in [3.63, 3.8) is 0 Å². The van der Waals surface area contributed by atoms with E-state index in [4.69, 9.17) is 0 Å². The molecule has 0 aliphatic rings. The van der Waals surface area contributed by atoms with Crippen molar-refractivity contribution in [2.24, 2.45) is 0 Å². The molecule has 0 radical (unpaired) electrons. The van der Waals surface area contributed by atoms with Gasteiger partial charge in [-0.25, -0.2) is 15.0 Å². The summed E-state index contributed by atoms with van der Waals surface area (Å²) in [6.45, 7) is 0. The van der Waals surface area contributed by atoms with Gasteiger partial charge in [0.25, 0.3) is 0 Å². The Morgan fingerprint density at radius 2 is 1.79 bits per heavy atom. The van der Waals surface area contributed by atoms with Crippen molar-refractivity contribution in [3.8, 4) is 0 Å². The summed E-state index contributed by atoms with van der Waals surface area (Å²) in [6, 6.07) is 14.6. The van der Waals surface area contributed by atoms with Crippen LogP contribution in [0, 0.1) is 10.1 Å². The molecule has 118 valence electrons. The number of nitrogens with zero attached hydrogens (tertiary/aromatic N) is 4. The number of benzene rings is 1. The molecule has 0 atom stereocenters. The zero-order valence-corrected chi connectivity index (χ0v) is 13.3. The van der Waals surface area contributed by atoms with Gasteiger partial charge in [-0.15, -0.1) is 0 Å². The minimum Gasteiger partial charge on any atom is -0.258 e. The topological polar surface area (TPSA) is 81.8 Å². The van der Waals surface area contributed by atoms with Gasteiger partial charge in [0.15, 0.2) is 10.2 Å². The van der Waals surface area contributed by atoms with Gasteiger partial charge in [0.1, 0.15) is 0 Å². The summed E-state index contributed by atoms with van der Waals surface area (Å²) >= 11 is 1.07. The summed E-state index contributed by atoms with van der Waals surface area (Å²) < 4.78 is 0. The van der Waals surface area contributed by atoms with E-state index in [0.29, 0.717) is 5.16 Å². The van der Waals surface area contributed by atoms with Crippen LogP contribution in [0.3, 0.4) is 0 Å². The maximum Gasteiger partial charge on any atom is 0.301 e. The molecule has 0 aliphatic carbocycles. The van der Waals surface area contributed by atoms with Crippen LogP contribution >= 0.6 is 11.8 Å². The van der Waals surface area contributed by atoms with Gasteiger partial charge in [-0.1, -0.05) is 36.4 Å². The lowest BCUT2D eigenvalue weighted by molar-refractivity contribution is -0.388. The Bertz CT molecular complexity index is 885. The Kier molecular flexibility index (Phi) is 4.93. The second-order valence-electron chi connectivity index (χ2n) is 4.69. The number of pyridine rings is 1. The van der Waals surface area contributed by atoms with Crippen molar-refractivity contribution in [1.82, 2.24) is 15.0 Å². The van der Waals surface area contributed by atoms with Crippen molar-refractivity contribution in [2.45, 2.75) is 10.2 Å². The third kappa shape index (κ3) is 4.02. The number of hydrogen-bond acceptors (Lipinski definition) is 6. The molecule has 0 saturated carbocycles. The first kappa shape index (κ1) is 15.8. The fourth-order valence-electron chi connectivity index (χ4n) is 1.93. The highest BCUT2D eigenvalue weighted by Crippen LogP contribution is 2.30. The van der Waals surface area contributed by atoms with E-state index >= 15 is 0 Å². The SMILES string of the molecule is O=[N+]([O-])c1cccnc1Sc1nccc(/C=C/c2ccccc2)n1. The van der Waals surface area contributed by atoms with E-state index in [-0.39, 0.29) is 10.7 Å². The predicted molar refractivity (Wildman–Crippen MR) is 92.4 cm³/mol. The lowest BCUT2D eigenvalue weighted by Crippen LogP contribution is -1.94. The van der Waals surface area contributed by atoms with Crippen molar-refractivity contribution in [2.75, 3.05) is 0 Å². The fourth-order valence-corrected chi connectivity index (χ4v) is 2.73. The lowest BCUT2D eigenvalue weighted by Gasteiger charge is -2.01. The van der Waals surface area contributed by atoms with Crippen LogP contribution in [0.5, 0.6) is 0 Å². The molecule has 0 N–H and O–H groups in total. The van der Waals surface area contributed by atoms with Crippen LogP contribution in [0.1, 0.15) is 11.3 Å². The number of nitro groups is 1. The molecule has 7 heteroatoms. The van der Waals surface area contributed by atoms with Crippen LogP contribution in [-0.4, -0.2) is 19.9 Å². The average molecular weight is 336 g/mol. The van der Waals surface area contributed by atoms with Crippen LogP contribution in [0.25, 0.3) is 12.2 Å². The van der Waals surface area contributed by atoms with Crippen molar-refractivity contribution >= 4 is 29.6 Å². The third-order valence-electron chi connectivity index (χ3n) is 3.04. The van der Waals surface area contributed by atoms with E-state index in [1.165, 1.54) is 18.3 Å². The largest absolute Gasteiger partial charge is 0.301 e. The van der Waals surface area contributed by atoms with Gasteiger partial charge in [0.2, 0.25) is 0 Å². The molecular formula is C17H12N4O2S. The van der Waals surface area contributed by atoms with Crippen molar-refractivity contribution in [3.05, 3.63) is 82.3 Å². The van der Waals surface area contributed by atoms with Gasteiger partial charge < -0.3 is 0 Å². The lowest BCUT2D eigenvalue weighted by atomic mass is 10.2. The number of aromatic nitrogens is 3. The van der Waals surface area contributed by atoms with E-state index < -0.39 is 4.92 Å². The predicted octanol–water partition coefficient (Wildman–Crippen LogP) is 4.10. The van der Waals surface area contributed by atoms with E-state index in [0.717, 1.165) is 23.0 Å². The molecule has 24 heavy (non-hydrogen) atoms. The molecule has 0 aliphatic heterocycles. The van der Waals surface area contributed by atoms with E-state index in [1.807, 2.05) is 42.5 Å². The summed E-state index contributed by atoms with van der Waals surface area (Å²) in [5, 5.41) is 11.7. The van der Waals surface area contributed by atoms with E-state index in [2.05, 4.69) is 15.0 Å². The Hall–Kier alpha value is -3.06. The molecule has 3 rings (SSSR count). The molecule has 0 unspecified atom stereocenters. The fraction of sp³-hybridized carbons (Fsp3) is 0. The maximum absolute atomic E-state index is 11.0. The van der Waals surface area contributed by atoms with Gasteiger partial charge in [0.05, 0.1) is 10.6 Å². The summed E-state index contributed by atoms with van der Waals surface area (Å²) in [7, 11) is 0. The molecule has 0 spiro atoms. The quantitative estimate of drug-likeness (QED) is 0.396. The number of hydrogen-bond donors (Lipinski definition) is 0. The standard InChI is InChI=1S/C17H12N4O2S/c22-21(23)15-7-4-11-18-16(15)24-17-19-12-10-14(20-17)9-8-13-5-2-1-3-6-13/h1-12H/b9-8+. The molecule has 6 nitrogen and oxygen atoms in total. The molecule has 0 fully saturated rings. The smallest absolute Gasteiger partial charge is 0.258 e. The van der Waals surface area contributed by atoms with Gasteiger partial charge in [-0.3, -0.25) is 10.1 Å². The minimum atomic E-state index is -0.464. The normalized spacial score (nSPS) is 10.8. The molecule has 3 aromatic rings. The van der Waals surface area contributed by atoms with Crippen molar-refractivity contribution < 1.29 is 4.92 Å². The van der Waals surface area contributed by atoms with Gasteiger partial charge >= 0.3 is 5.69 Å². The Morgan fingerprint density at radius 1 is 0.958 bits per heavy atom. The zero-order chi connectivity index (χ0) is 16.8. The number of rotatable bonds is 5. The zero-order valence-electron chi connectivity index (χ0n) is 12.4. The highest BCUT2D eigenvalue weighted by Gasteiger charge is 2.16. The monoisotopic (exact) mass is 336 g/mol. The Morgan fingerprint density at radius 3 is 2.58 bits per heavy atom. The maximum atomic E-state index is 11.0. The Balaban J connectivity index is 1.81. The second kappa shape index (κ2) is 7.47. The molecule has 2 aromatic heterocycles. The summed E-state index contributed by atoms with van der Waals surface area (Å²) in [5.74, 6) is 0. The van der Waals surface area contributed by atoms with Gasteiger partial charge in [0, 0.05) is 18.5 Å². The molecule has 2 heterocycles. The van der Waals surface area contributed by atoms with E-state index in [1.54, 1.807) is 12.3 Å². The summed E-state index contributed by atoms with van der Waals surface area (Å²) in [6.07, 6.45) is 6.94. The second-order valence-corrected chi connectivity index (χ2v) is 5.65. The first-order chi connectivity index (χ1) is 11.7. The third-order valence-corrected chi connectivity index (χ3v) is 3.92. The molecule has 0 amide bonds. The van der Waals surface area contributed by atoms with Gasteiger partial charge in [-0.2, -0.15) is 0 Å². The molecule has 0 saturated heterocycles. The van der Waals surface area contributed by atoms with Crippen LogP contribution in [0.4, 0.5) is 5.69 Å². The molecular weight excluding hydrogens is 324 g/mol. The molecule has 1 aromatic carbocycles. The van der Waals surface area contributed by atoms with Crippen LogP contribution in [0.15, 0.2) is 71.1 Å². The highest BCUT2D eigenvalue weighted by atomic mass is 32.2. The highest BCUT2D eigenvalue weighted by molar-refractivity contribution is 7.99. The van der Waals surface area contributed by atoms with Gasteiger partial charge in [-0.05, 0) is 35.5 Å². The van der Waals surface area contributed by atoms with Crippen molar-refractivity contribution in [1.29, 1.82) is 0 Å².